The summed E-state index contributed by atoms with van der Waals surface area (Å²) in [6.45, 7) is 10.7. The van der Waals surface area contributed by atoms with Gasteiger partial charge in [-0.05, 0) is 45.2 Å². The molecule has 0 bridgehead atoms. The molecule has 29 heavy (non-hydrogen) atoms. The van der Waals surface area contributed by atoms with E-state index in [1.54, 1.807) is 32.9 Å². The molecule has 0 spiro atoms. The lowest BCUT2D eigenvalue weighted by Gasteiger charge is -2.27. The van der Waals surface area contributed by atoms with Crippen molar-refractivity contribution in [1.82, 2.24) is 10.6 Å². The predicted octanol–water partition coefficient (Wildman–Crippen LogP) is 2.83. The van der Waals surface area contributed by atoms with E-state index in [1.165, 1.54) is 0 Å². The fourth-order valence-corrected chi connectivity index (χ4v) is 2.59. The van der Waals surface area contributed by atoms with Crippen LogP contribution in [0.3, 0.4) is 0 Å². The lowest BCUT2D eigenvalue weighted by molar-refractivity contribution is -0.159. The zero-order valence-electron chi connectivity index (χ0n) is 18.3. The molecule has 0 radical (unpaired) electrons. The molecule has 7 nitrogen and oxygen atoms in total. The topological polar surface area (TPSA) is 93.7 Å². The SMILES string of the molecule is CCC[C@@H](NC(=O)[C@H](NC(=O)COc1ccccc1)C(C)C)C(=O)OC(C)(C)C. The number of ether oxygens (including phenoxy) is 2. The molecule has 7 heteroatoms. The van der Waals surface area contributed by atoms with Crippen LogP contribution in [0.2, 0.25) is 0 Å². The van der Waals surface area contributed by atoms with Gasteiger partial charge in [0.2, 0.25) is 5.91 Å². The minimum absolute atomic E-state index is 0.170. The molecule has 2 atom stereocenters. The van der Waals surface area contributed by atoms with E-state index < -0.39 is 35.5 Å². The van der Waals surface area contributed by atoms with Gasteiger partial charge in [-0.2, -0.15) is 0 Å². The largest absolute Gasteiger partial charge is 0.484 e. The maximum absolute atomic E-state index is 12.8. The molecule has 0 heterocycles. The summed E-state index contributed by atoms with van der Waals surface area (Å²) in [7, 11) is 0. The Labute approximate surface area is 173 Å². The predicted molar refractivity (Wildman–Crippen MR) is 111 cm³/mol. The monoisotopic (exact) mass is 406 g/mol. The highest BCUT2D eigenvalue weighted by Crippen LogP contribution is 2.12. The summed E-state index contributed by atoms with van der Waals surface area (Å²) in [5.41, 5.74) is -0.645. The first-order chi connectivity index (χ1) is 13.5. The first-order valence-corrected chi connectivity index (χ1v) is 10.0. The van der Waals surface area contributed by atoms with Crippen LogP contribution >= 0.6 is 0 Å². The molecular formula is C22H34N2O5. The third-order valence-electron chi connectivity index (χ3n) is 3.96. The number of benzene rings is 1. The quantitative estimate of drug-likeness (QED) is 0.583. The van der Waals surface area contributed by atoms with Gasteiger partial charge in [-0.3, -0.25) is 9.59 Å². The van der Waals surface area contributed by atoms with Gasteiger partial charge in [0, 0.05) is 0 Å². The molecule has 0 saturated carbocycles. The van der Waals surface area contributed by atoms with Gasteiger partial charge in [0.05, 0.1) is 0 Å². The van der Waals surface area contributed by atoms with E-state index in [9.17, 15) is 14.4 Å². The van der Waals surface area contributed by atoms with Crippen molar-refractivity contribution < 1.29 is 23.9 Å². The van der Waals surface area contributed by atoms with Crippen molar-refractivity contribution in [1.29, 1.82) is 0 Å². The number of amides is 2. The van der Waals surface area contributed by atoms with Crippen LogP contribution in [0.5, 0.6) is 5.75 Å². The summed E-state index contributed by atoms with van der Waals surface area (Å²) in [6, 6.07) is 7.41. The van der Waals surface area contributed by atoms with Gasteiger partial charge >= 0.3 is 5.97 Å². The second-order valence-corrected chi connectivity index (χ2v) is 8.27. The lowest BCUT2D eigenvalue weighted by atomic mass is 10.0. The Morgan fingerprint density at radius 3 is 2.17 bits per heavy atom. The van der Waals surface area contributed by atoms with Gasteiger partial charge in [0.15, 0.2) is 6.61 Å². The van der Waals surface area contributed by atoms with Crippen LogP contribution in [0.1, 0.15) is 54.4 Å². The maximum Gasteiger partial charge on any atom is 0.329 e. The number of hydrogen-bond donors (Lipinski definition) is 2. The number of rotatable bonds is 10. The van der Waals surface area contributed by atoms with Gasteiger partial charge in [0.1, 0.15) is 23.4 Å². The molecule has 2 N–H and O–H groups in total. The molecule has 0 unspecified atom stereocenters. The Kier molecular flexibility index (Phi) is 9.65. The van der Waals surface area contributed by atoms with E-state index in [2.05, 4.69) is 10.6 Å². The molecule has 0 saturated heterocycles. The van der Waals surface area contributed by atoms with Gasteiger partial charge in [-0.1, -0.05) is 45.4 Å². The molecule has 0 fully saturated rings. The Morgan fingerprint density at radius 2 is 1.66 bits per heavy atom. The summed E-state index contributed by atoms with van der Waals surface area (Å²) in [6.07, 6.45) is 1.16. The van der Waals surface area contributed by atoms with E-state index in [0.29, 0.717) is 18.6 Å². The Balaban J connectivity index is 2.71. The van der Waals surface area contributed by atoms with E-state index in [4.69, 9.17) is 9.47 Å². The van der Waals surface area contributed by atoms with E-state index in [0.717, 1.165) is 0 Å². The molecular weight excluding hydrogens is 372 g/mol. The van der Waals surface area contributed by atoms with E-state index in [-0.39, 0.29) is 12.5 Å². The van der Waals surface area contributed by atoms with Gasteiger partial charge in [-0.15, -0.1) is 0 Å². The Hall–Kier alpha value is -2.57. The van der Waals surface area contributed by atoms with E-state index >= 15 is 0 Å². The van der Waals surface area contributed by atoms with E-state index in [1.807, 2.05) is 39.0 Å². The van der Waals surface area contributed by atoms with Crippen LogP contribution in [0.15, 0.2) is 30.3 Å². The van der Waals surface area contributed by atoms with Gasteiger partial charge < -0.3 is 20.1 Å². The van der Waals surface area contributed by atoms with Crippen LogP contribution < -0.4 is 15.4 Å². The highest BCUT2D eigenvalue weighted by atomic mass is 16.6. The number of hydrogen-bond acceptors (Lipinski definition) is 5. The first kappa shape index (κ1) is 24.5. The molecule has 1 aromatic rings. The Bertz CT molecular complexity index is 668. The average Bonchev–Trinajstić information content (AvgIpc) is 2.63. The number of nitrogens with one attached hydrogen (secondary N) is 2. The standard InChI is InChI=1S/C22H34N2O5/c1-7-11-17(21(27)29-22(4,5)6)23-20(26)19(15(2)3)24-18(25)14-28-16-12-9-8-10-13-16/h8-10,12-13,15,17,19H,7,11,14H2,1-6H3,(H,23,26)(H,24,25)/t17-,19-/m1/s1. The molecule has 2 amide bonds. The molecule has 0 aliphatic carbocycles. The van der Waals surface area contributed by atoms with Crippen LogP contribution in [0.25, 0.3) is 0 Å². The molecule has 162 valence electrons. The van der Waals surface area contributed by atoms with Gasteiger partial charge in [-0.25, -0.2) is 4.79 Å². The fraction of sp³-hybridized carbons (Fsp3) is 0.591. The minimum atomic E-state index is -0.788. The third kappa shape index (κ3) is 9.45. The van der Waals surface area contributed by atoms with Crippen molar-refractivity contribution in [2.45, 2.75) is 72.1 Å². The second kappa shape index (κ2) is 11.4. The summed E-state index contributed by atoms with van der Waals surface area (Å²) < 4.78 is 10.8. The maximum atomic E-state index is 12.8. The van der Waals surface area contributed by atoms with Crippen LogP contribution in [0.4, 0.5) is 0 Å². The molecule has 0 aromatic heterocycles. The number of para-hydroxylation sites is 1. The summed E-state index contributed by atoms with van der Waals surface area (Å²) in [5.74, 6) is -0.906. The van der Waals surface area contributed by atoms with Crippen molar-refractivity contribution in [3.05, 3.63) is 30.3 Å². The van der Waals surface area contributed by atoms with Crippen molar-refractivity contribution in [3.63, 3.8) is 0 Å². The zero-order valence-corrected chi connectivity index (χ0v) is 18.3. The van der Waals surface area contributed by atoms with Crippen LogP contribution in [-0.2, 0) is 19.1 Å². The lowest BCUT2D eigenvalue weighted by Crippen LogP contribution is -2.55. The van der Waals surface area contributed by atoms with Crippen molar-refractivity contribution >= 4 is 17.8 Å². The first-order valence-electron chi connectivity index (χ1n) is 10.0. The zero-order chi connectivity index (χ0) is 22.0. The average molecular weight is 407 g/mol. The van der Waals surface area contributed by atoms with Crippen LogP contribution in [0, 0.1) is 5.92 Å². The number of carbonyl (C=O) groups is 3. The van der Waals surface area contributed by atoms with Crippen molar-refractivity contribution in [2.75, 3.05) is 6.61 Å². The normalized spacial score (nSPS) is 13.3. The molecule has 0 aliphatic rings. The van der Waals surface area contributed by atoms with Gasteiger partial charge in [0.25, 0.3) is 5.91 Å². The molecule has 0 aliphatic heterocycles. The number of esters is 1. The smallest absolute Gasteiger partial charge is 0.329 e. The second-order valence-electron chi connectivity index (χ2n) is 8.27. The number of carbonyl (C=O) groups excluding carboxylic acids is 3. The third-order valence-corrected chi connectivity index (χ3v) is 3.96. The molecule has 1 aromatic carbocycles. The Morgan fingerprint density at radius 1 is 1.03 bits per heavy atom. The minimum Gasteiger partial charge on any atom is -0.484 e. The van der Waals surface area contributed by atoms with Crippen molar-refractivity contribution in [3.8, 4) is 5.75 Å². The van der Waals surface area contributed by atoms with Crippen LogP contribution in [-0.4, -0.2) is 42.1 Å². The highest BCUT2D eigenvalue weighted by molar-refractivity contribution is 5.91. The summed E-state index contributed by atoms with van der Waals surface area (Å²) in [4.78, 5) is 37.5. The fourth-order valence-electron chi connectivity index (χ4n) is 2.59. The summed E-state index contributed by atoms with van der Waals surface area (Å²) >= 11 is 0. The highest BCUT2D eigenvalue weighted by Gasteiger charge is 2.30. The molecule has 1 rings (SSSR count). The van der Waals surface area contributed by atoms with Crippen molar-refractivity contribution in [2.24, 2.45) is 5.92 Å². The summed E-state index contributed by atoms with van der Waals surface area (Å²) in [5, 5.41) is 5.42.